The predicted molar refractivity (Wildman–Crippen MR) is 96.4 cm³/mol. The third-order valence-corrected chi connectivity index (χ3v) is 4.85. The van der Waals surface area contributed by atoms with E-state index in [-0.39, 0.29) is 5.91 Å². The molecule has 0 radical (unpaired) electrons. The maximum atomic E-state index is 13.5. The maximum absolute atomic E-state index is 13.5. The molecule has 1 N–H and O–H groups in total. The number of carbonyl (C=O) groups is 1. The highest BCUT2D eigenvalue weighted by Gasteiger charge is 2.22. The number of hydrogen-bond acceptors (Lipinski definition) is 2. The molecule has 2 nitrogen and oxygen atoms in total. The van der Waals surface area contributed by atoms with Crippen LogP contribution in [0.2, 0.25) is 0 Å². The minimum Gasteiger partial charge on any atom is -0.325 e. The van der Waals surface area contributed by atoms with Gasteiger partial charge >= 0.3 is 0 Å². The van der Waals surface area contributed by atoms with E-state index in [1.165, 1.54) is 30.3 Å². The number of anilines is 1. The number of amides is 1. The summed E-state index contributed by atoms with van der Waals surface area (Å²) in [6.07, 6.45) is 0. The molecule has 132 valence electrons. The molecule has 0 spiro atoms. The fourth-order valence-corrected chi connectivity index (χ4v) is 3.38. The Morgan fingerprint density at radius 1 is 0.846 bits per heavy atom. The van der Waals surface area contributed by atoms with E-state index < -0.39 is 22.7 Å². The molecule has 0 aliphatic rings. The summed E-state index contributed by atoms with van der Waals surface area (Å²) >= 11 is 1.10. The second-order valence-electron chi connectivity index (χ2n) is 5.48. The molecule has 0 aromatic heterocycles. The molecule has 0 aliphatic heterocycles. The number of hydrogen-bond donors (Lipinski definition) is 1. The molecule has 0 saturated heterocycles. The van der Waals surface area contributed by atoms with Gasteiger partial charge in [-0.1, -0.05) is 30.3 Å². The van der Waals surface area contributed by atoms with Crippen LogP contribution >= 0.6 is 11.8 Å². The summed E-state index contributed by atoms with van der Waals surface area (Å²) < 4.78 is 39.7. The first-order valence-corrected chi connectivity index (χ1v) is 8.64. The van der Waals surface area contributed by atoms with Crippen molar-refractivity contribution in [3.05, 3.63) is 95.8 Å². The van der Waals surface area contributed by atoms with Crippen molar-refractivity contribution < 1.29 is 18.0 Å². The van der Waals surface area contributed by atoms with Crippen LogP contribution in [0.3, 0.4) is 0 Å². The van der Waals surface area contributed by atoms with Gasteiger partial charge in [-0.3, -0.25) is 4.79 Å². The van der Waals surface area contributed by atoms with Crippen LogP contribution in [0.15, 0.2) is 77.7 Å². The average Bonchev–Trinajstić information content (AvgIpc) is 2.65. The molecule has 0 bridgehead atoms. The van der Waals surface area contributed by atoms with Gasteiger partial charge in [0.05, 0.1) is 0 Å². The second-order valence-corrected chi connectivity index (χ2v) is 6.66. The SMILES string of the molecule is O=C(Nc1ccc(F)cc1)[C@@H](Sc1ccc(F)c(F)c1)c1ccccc1. The molecule has 1 atom stereocenters. The highest BCUT2D eigenvalue weighted by atomic mass is 32.2. The number of thioether (sulfide) groups is 1. The van der Waals surface area contributed by atoms with E-state index in [2.05, 4.69) is 5.32 Å². The van der Waals surface area contributed by atoms with Crippen molar-refractivity contribution in [1.82, 2.24) is 0 Å². The van der Waals surface area contributed by atoms with Crippen LogP contribution in [0, 0.1) is 17.5 Å². The summed E-state index contributed by atoms with van der Waals surface area (Å²) in [4.78, 5) is 13.2. The molecule has 3 rings (SSSR count). The van der Waals surface area contributed by atoms with Gasteiger partial charge in [-0.05, 0) is 48.0 Å². The Morgan fingerprint density at radius 3 is 2.19 bits per heavy atom. The van der Waals surface area contributed by atoms with Crippen LogP contribution < -0.4 is 5.32 Å². The first-order valence-electron chi connectivity index (χ1n) is 7.76. The van der Waals surface area contributed by atoms with Crippen molar-refractivity contribution >= 4 is 23.4 Å². The lowest BCUT2D eigenvalue weighted by Crippen LogP contribution is -2.19. The fraction of sp³-hybridized carbons (Fsp3) is 0.0500. The Hall–Kier alpha value is -2.73. The molecule has 0 saturated carbocycles. The molecule has 26 heavy (non-hydrogen) atoms. The van der Waals surface area contributed by atoms with Crippen LogP contribution in [-0.4, -0.2) is 5.91 Å². The lowest BCUT2D eigenvalue weighted by Gasteiger charge is -2.17. The second kappa shape index (κ2) is 8.10. The molecule has 3 aromatic carbocycles. The normalized spacial score (nSPS) is 11.8. The Bertz CT molecular complexity index is 901. The van der Waals surface area contributed by atoms with Gasteiger partial charge in [0, 0.05) is 10.6 Å². The van der Waals surface area contributed by atoms with Crippen LogP contribution in [0.25, 0.3) is 0 Å². The summed E-state index contributed by atoms with van der Waals surface area (Å²) in [5.41, 5.74) is 1.16. The highest BCUT2D eigenvalue weighted by Crippen LogP contribution is 2.36. The number of halogens is 3. The zero-order chi connectivity index (χ0) is 18.5. The Labute approximate surface area is 153 Å². The van der Waals surface area contributed by atoms with Gasteiger partial charge < -0.3 is 5.32 Å². The Morgan fingerprint density at radius 2 is 1.54 bits per heavy atom. The van der Waals surface area contributed by atoms with E-state index in [0.29, 0.717) is 16.1 Å². The standard InChI is InChI=1S/C20H14F3NOS/c21-14-6-8-15(9-7-14)24-20(25)19(13-4-2-1-3-5-13)26-16-10-11-17(22)18(23)12-16/h1-12,19H,(H,24,25)/t19-/m0/s1. The molecule has 0 unspecified atom stereocenters. The summed E-state index contributed by atoms with van der Waals surface area (Å²) in [5, 5.41) is 2.03. The van der Waals surface area contributed by atoms with E-state index >= 15 is 0 Å². The molecule has 0 aliphatic carbocycles. The van der Waals surface area contributed by atoms with Crippen LogP contribution in [0.4, 0.5) is 18.9 Å². The van der Waals surface area contributed by atoms with E-state index in [9.17, 15) is 18.0 Å². The van der Waals surface area contributed by atoms with Crippen LogP contribution in [0.1, 0.15) is 10.8 Å². The maximum Gasteiger partial charge on any atom is 0.242 e. The van der Waals surface area contributed by atoms with Crippen molar-refractivity contribution in [2.75, 3.05) is 5.32 Å². The molecule has 3 aromatic rings. The van der Waals surface area contributed by atoms with E-state index in [0.717, 1.165) is 23.9 Å². The minimum absolute atomic E-state index is 0.349. The van der Waals surface area contributed by atoms with Gasteiger partial charge in [0.25, 0.3) is 0 Å². The molecular weight excluding hydrogens is 359 g/mol. The van der Waals surface area contributed by atoms with Gasteiger partial charge in [-0.25, -0.2) is 13.2 Å². The lowest BCUT2D eigenvalue weighted by atomic mass is 10.1. The monoisotopic (exact) mass is 373 g/mol. The Kier molecular flexibility index (Phi) is 5.63. The average molecular weight is 373 g/mol. The third kappa shape index (κ3) is 4.46. The van der Waals surface area contributed by atoms with E-state index in [1.807, 2.05) is 6.07 Å². The molecule has 1 amide bonds. The molecule has 6 heteroatoms. The van der Waals surface area contributed by atoms with Crippen molar-refractivity contribution in [2.24, 2.45) is 0 Å². The predicted octanol–water partition coefficient (Wildman–Crippen LogP) is 5.58. The van der Waals surface area contributed by atoms with Gasteiger partial charge in [0.1, 0.15) is 11.1 Å². The molecular formula is C20H14F3NOS. The molecule has 0 heterocycles. The number of benzene rings is 3. The number of carbonyl (C=O) groups excluding carboxylic acids is 1. The summed E-state index contributed by atoms with van der Waals surface area (Å²) in [5.74, 6) is -2.67. The van der Waals surface area contributed by atoms with Crippen LogP contribution in [-0.2, 0) is 4.79 Å². The quantitative estimate of drug-likeness (QED) is 0.592. The van der Waals surface area contributed by atoms with Gasteiger partial charge in [-0.15, -0.1) is 11.8 Å². The van der Waals surface area contributed by atoms with Crippen molar-refractivity contribution in [2.45, 2.75) is 10.1 Å². The summed E-state index contributed by atoms with van der Waals surface area (Å²) in [6, 6.07) is 17.9. The van der Waals surface area contributed by atoms with E-state index in [1.54, 1.807) is 24.3 Å². The van der Waals surface area contributed by atoms with E-state index in [4.69, 9.17) is 0 Å². The first kappa shape index (κ1) is 18.1. The minimum atomic E-state index is -0.972. The fourth-order valence-electron chi connectivity index (χ4n) is 2.33. The summed E-state index contributed by atoms with van der Waals surface area (Å²) in [7, 11) is 0. The zero-order valence-corrected chi connectivity index (χ0v) is 14.3. The van der Waals surface area contributed by atoms with Crippen molar-refractivity contribution in [1.29, 1.82) is 0 Å². The number of nitrogens with one attached hydrogen (secondary N) is 1. The van der Waals surface area contributed by atoms with Crippen LogP contribution in [0.5, 0.6) is 0 Å². The van der Waals surface area contributed by atoms with Gasteiger partial charge in [0.15, 0.2) is 11.6 Å². The van der Waals surface area contributed by atoms with Gasteiger partial charge in [-0.2, -0.15) is 0 Å². The number of rotatable bonds is 5. The molecule has 0 fully saturated rings. The lowest BCUT2D eigenvalue weighted by molar-refractivity contribution is -0.115. The smallest absolute Gasteiger partial charge is 0.242 e. The topological polar surface area (TPSA) is 29.1 Å². The largest absolute Gasteiger partial charge is 0.325 e. The third-order valence-electron chi connectivity index (χ3n) is 3.60. The highest BCUT2D eigenvalue weighted by molar-refractivity contribution is 8.00. The summed E-state index contributed by atoms with van der Waals surface area (Å²) in [6.45, 7) is 0. The zero-order valence-electron chi connectivity index (χ0n) is 13.5. The van der Waals surface area contributed by atoms with Crippen molar-refractivity contribution in [3.63, 3.8) is 0 Å². The first-order chi connectivity index (χ1) is 12.5. The Balaban J connectivity index is 1.86. The van der Waals surface area contributed by atoms with Crippen molar-refractivity contribution in [3.8, 4) is 0 Å². The van der Waals surface area contributed by atoms with Gasteiger partial charge in [0.2, 0.25) is 5.91 Å².